The minimum atomic E-state index is 0.738. The molecule has 0 aliphatic carbocycles. The highest BCUT2D eigenvalue weighted by atomic mass is 15.3. The smallest absolute Gasteiger partial charge is 0.0110 e. The molecule has 2 aliphatic heterocycles. The molecule has 21 heavy (non-hydrogen) atoms. The molecule has 0 amide bonds. The lowest BCUT2D eigenvalue weighted by Gasteiger charge is -2.44. The van der Waals surface area contributed by atoms with Gasteiger partial charge in [-0.05, 0) is 64.6 Å². The first-order valence-electron chi connectivity index (χ1n) is 9.23. The number of rotatable bonds is 7. The molecular formula is C18H37N3. The summed E-state index contributed by atoms with van der Waals surface area (Å²) in [5, 5.41) is 0. The zero-order valence-corrected chi connectivity index (χ0v) is 14.9. The second-order valence-electron chi connectivity index (χ2n) is 7.95. The van der Waals surface area contributed by atoms with Gasteiger partial charge in [0.05, 0.1) is 0 Å². The molecule has 0 N–H and O–H groups in total. The van der Waals surface area contributed by atoms with Gasteiger partial charge in [0.2, 0.25) is 0 Å². The van der Waals surface area contributed by atoms with Crippen molar-refractivity contribution in [2.24, 2.45) is 11.8 Å². The Kier molecular flexibility index (Phi) is 6.97. The Morgan fingerprint density at radius 2 is 1.57 bits per heavy atom. The molecule has 2 rings (SSSR count). The van der Waals surface area contributed by atoms with Gasteiger partial charge in [0.1, 0.15) is 0 Å². The Bertz CT molecular complexity index is 284. The van der Waals surface area contributed by atoms with Gasteiger partial charge in [-0.3, -0.25) is 0 Å². The van der Waals surface area contributed by atoms with Gasteiger partial charge in [-0.2, -0.15) is 0 Å². The van der Waals surface area contributed by atoms with E-state index in [-0.39, 0.29) is 0 Å². The molecule has 2 saturated heterocycles. The molecule has 3 nitrogen and oxygen atoms in total. The van der Waals surface area contributed by atoms with E-state index in [1.165, 1.54) is 71.6 Å². The first-order valence-corrected chi connectivity index (χ1v) is 9.23. The summed E-state index contributed by atoms with van der Waals surface area (Å²) in [4.78, 5) is 8.02. The van der Waals surface area contributed by atoms with E-state index in [2.05, 4.69) is 42.4 Å². The fraction of sp³-hybridized carbons (Fsp3) is 1.00. The fourth-order valence-electron chi connectivity index (χ4n) is 3.67. The van der Waals surface area contributed by atoms with Crippen LogP contribution >= 0.6 is 0 Å². The van der Waals surface area contributed by atoms with Gasteiger partial charge in [0.25, 0.3) is 0 Å². The summed E-state index contributed by atoms with van der Waals surface area (Å²) >= 11 is 0. The maximum atomic E-state index is 2.73. The molecule has 0 saturated carbocycles. The lowest BCUT2D eigenvalue weighted by atomic mass is 9.97. The van der Waals surface area contributed by atoms with Crippen molar-refractivity contribution < 1.29 is 0 Å². The van der Waals surface area contributed by atoms with E-state index in [1.54, 1.807) is 0 Å². The summed E-state index contributed by atoms with van der Waals surface area (Å²) in [7, 11) is 0. The quantitative estimate of drug-likeness (QED) is 0.715. The van der Waals surface area contributed by atoms with Gasteiger partial charge in [-0.25, -0.2) is 0 Å². The van der Waals surface area contributed by atoms with E-state index in [0.717, 1.165) is 17.9 Å². The molecule has 124 valence electrons. The number of hydrogen-bond donors (Lipinski definition) is 0. The lowest BCUT2D eigenvalue weighted by Crippen LogP contribution is -2.54. The maximum absolute atomic E-state index is 2.73. The maximum Gasteiger partial charge on any atom is 0.0110 e. The summed E-state index contributed by atoms with van der Waals surface area (Å²) in [5.41, 5.74) is 0. The third-order valence-electron chi connectivity index (χ3n) is 5.17. The zero-order chi connectivity index (χ0) is 15.2. The van der Waals surface area contributed by atoms with Crippen molar-refractivity contribution in [3.63, 3.8) is 0 Å². The van der Waals surface area contributed by atoms with E-state index in [1.807, 2.05) is 0 Å². The monoisotopic (exact) mass is 295 g/mol. The van der Waals surface area contributed by atoms with E-state index in [0.29, 0.717) is 0 Å². The Labute approximate surface area is 132 Å². The fourth-order valence-corrected chi connectivity index (χ4v) is 3.67. The van der Waals surface area contributed by atoms with Crippen molar-refractivity contribution in [3.8, 4) is 0 Å². The number of nitrogens with zero attached hydrogens (tertiary/aromatic N) is 3. The first kappa shape index (κ1) is 17.2. The molecule has 0 spiro atoms. The van der Waals surface area contributed by atoms with Crippen LogP contribution in [0.2, 0.25) is 0 Å². The molecule has 0 atom stereocenters. The molecular weight excluding hydrogens is 258 g/mol. The molecule has 0 aromatic carbocycles. The molecule has 3 heteroatoms. The van der Waals surface area contributed by atoms with Crippen molar-refractivity contribution in [1.82, 2.24) is 14.7 Å². The third-order valence-corrected chi connectivity index (χ3v) is 5.17. The molecule has 0 radical (unpaired) electrons. The van der Waals surface area contributed by atoms with E-state index >= 15 is 0 Å². The van der Waals surface area contributed by atoms with Crippen LogP contribution < -0.4 is 0 Å². The normalized spacial score (nSPS) is 23.7. The summed E-state index contributed by atoms with van der Waals surface area (Å²) in [6.07, 6.45) is 4.12. The van der Waals surface area contributed by atoms with Crippen LogP contribution in [0.4, 0.5) is 0 Å². The second kappa shape index (κ2) is 8.50. The van der Waals surface area contributed by atoms with Gasteiger partial charge >= 0.3 is 0 Å². The second-order valence-corrected chi connectivity index (χ2v) is 7.95. The minimum absolute atomic E-state index is 0.738. The Morgan fingerprint density at radius 3 is 2.24 bits per heavy atom. The predicted octanol–water partition coefficient (Wildman–Crippen LogP) is 2.77. The third kappa shape index (κ3) is 5.88. The van der Waals surface area contributed by atoms with Crippen molar-refractivity contribution in [2.45, 2.75) is 53.0 Å². The minimum Gasteiger partial charge on any atom is -0.302 e. The van der Waals surface area contributed by atoms with Gasteiger partial charge in [0.15, 0.2) is 0 Å². The van der Waals surface area contributed by atoms with Gasteiger partial charge in [-0.1, -0.05) is 13.8 Å². The topological polar surface area (TPSA) is 9.72 Å². The average Bonchev–Trinajstić information content (AvgIpc) is 2.58. The van der Waals surface area contributed by atoms with Crippen LogP contribution in [0, 0.1) is 11.8 Å². The largest absolute Gasteiger partial charge is 0.302 e. The standard InChI is InChI=1S/C18H37N3/c1-16(2)7-5-8-19-9-6-10-20(12-11-19)13-18-14-21(15-18)17(3)4/h16-18H,5-15H2,1-4H3. The summed E-state index contributed by atoms with van der Waals surface area (Å²) in [5.74, 6) is 1.79. The molecule has 0 aromatic rings. The Morgan fingerprint density at radius 1 is 0.905 bits per heavy atom. The molecule has 0 aromatic heterocycles. The van der Waals surface area contributed by atoms with E-state index < -0.39 is 0 Å². The van der Waals surface area contributed by atoms with Crippen molar-refractivity contribution >= 4 is 0 Å². The highest BCUT2D eigenvalue weighted by Gasteiger charge is 2.30. The summed E-state index contributed by atoms with van der Waals surface area (Å²) < 4.78 is 0. The summed E-state index contributed by atoms with van der Waals surface area (Å²) in [6, 6.07) is 0.738. The summed E-state index contributed by atoms with van der Waals surface area (Å²) in [6.45, 7) is 19.8. The van der Waals surface area contributed by atoms with Crippen molar-refractivity contribution in [1.29, 1.82) is 0 Å². The van der Waals surface area contributed by atoms with Gasteiger partial charge < -0.3 is 14.7 Å². The van der Waals surface area contributed by atoms with Crippen LogP contribution in [0.25, 0.3) is 0 Å². The van der Waals surface area contributed by atoms with Gasteiger partial charge in [0, 0.05) is 38.8 Å². The van der Waals surface area contributed by atoms with Crippen LogP contribution in [0.3, 0.4) is 0 Å². The first-order chi connectivity index (χ1) is 10.0. The van der Waals surface area contributed by atoms with Gasteiger partial charge in [-0.15, -0.1) is 0 Å². The SMILES string of the molecule is CC(C)CCCN1CCCN(CC2CN(C(C)C)C2)CC1. The Balaban J connectivity index is 1.60. The van der Waals surface area contributed by atoms with Crippen molar-refractivity contribution in [2.75, 3.05) is 52.4 Å². The number of hydrogen-bond acceptors (Lipinski definition) is 3. The molecule has 2 fully saturated rings. The van der Waals surface area contributed by atoms with Crippen molar-refractivity contribution in [3.05, 3.63) is 0 Å². The number of likely N-dealkylation sites (tertiary alicyclic amines) is 1. The van der Waals surface area contributed by atoms with E-state index in [9.17, 15) is 0 Å². The molecule has 0 bridgehead atoms. The van der Waals surface area contributed by atoms with E-state index in [4.69, 9.17) is 0 Å². The van der Waals surface area contributed by atoms with Crippen LogP contribution in [0.15, 0.2) is 0 Å². The predicted molar refractivity (Wildman–Crippen MR) is 91.8 cm³/mol. The Hall–Kier alpha value is -0.120. The lowest BCUT2D eigenvalue weighted by molar-refractivity contribution is 0.0430. The highest BCUT2D eigenvalue weighted by molar-refractivity contribution is 4.85. The molecule has 2 heterocycles. The average molecular weight is 296 g/mol. The molecule has 0 unspecified atom stereocenters. The van der Waals surface area contributed by atoms with Crippen LogP contribution in [-0.2, 0) is 0 Å². The zero-order valence-electron chi connectivity index (χ0n) is 14.9. The van der Waals surface area contributed by atoms with Crippen LogP contribution in [0.5, 0.6) is 0 Å². The molecule has 2 aliphatic rings. The van der Waals surface area contributed by atoms with Crippen LogP contribution in [-0.4, -0.2) is 73.1 Å². The van der Waals surface area contributed by atoms with Crippen LogP contribution in [0.1, 0.15) is 47.0 Å². The highest BCUT2D eigenvalue weighted by Crippen LogP contribution is 2.20.